The van der Waals surface area contributed by atoms with Gasteiger partial charge in [0.25, 0.3) is 0 Å². The topological polar surface area (TPSA) is 47.3 Å². The second-order valence-electron chi connectivity index (χ2n) is 6.61. The maximum Gasteiger partial charge on any atom is 0.135 e. The van der Waals surface area contributed by atoms with E-state index in [0.717, 1.165) is 42.0 Å². The number of ether oxygens (including phenoxy) is 1. The van der Waals surface area contributed by atoms with Gasteiger partial charge in [0, 0.05) is 6.54 Å². The third-order valence-corrected chi connectivity index (χ3v) is 4.47. The summed E-state index contributed by atoms with van der Waals surface area (Å²) in [5, 5.41) is 9.52. The summed E-state index contributed by atoms with van der Waals surface area (Å²) in [7, 11) is 0. The molecule has 0 aliphatic carbocycles. The van der Waals surface area contributed by atoms with Crippen molar-refractivity contribution >= 4 is 11.0 Å². The molecule has 1 N–H and O–H groups in total. The number of aliphatic hydroxyl groups excluding tert-OH is 1. The monoisotopic (exact) mass is 338 g/mol. The minimum atomic E-state index is -0.0343. The molecule has 4 nitrogen and oxygen atoms in total. The van der Waals surface area contributed by atoms with E-state index in [-0.39, 0.29) is 6.61 Å². The molecule has 2 aromatic carbocycles. The second kappa shape index (κ2) is 8.17. The Hall–Kier alpha value is -2.33. The van der Waals surface area contributed by atoms with E-state index in [0.29, 0.717) is 12.5 Å². The van der Waals surface area contributed by atoms with Crippen molar-refractivity contribution in [3.05, 3.63) is 59.9 Å². The number of para-hydroxylation sites is 2. The Labute approximate surface area is 149 Å². The predicted molar refractivity (Wildman–Crippen MR) is 101 cm³/mol. The van der Waals surface area contributed by atoms with E-state index in [1.165, 1.54) is 5.56 Å². The van der Waals surface area contributed by atoms with Crippen molar-refractivity contribution in [2.75, 3.05) is 6.61 Å². The average Bonchev–Trinajstić information content (AvgIpc) is 3.00. The molecule has 132 valence electrons. The van der Waals surface area contributed by atoms with Gasteiger partial charge in [0.2, 0.25) is 0 Å². The number of rotatable bonds is 8. The van der Waals surface area contributed by atoms with Gasteiger partial charge in [-0.2, -0.15) is 0 Å². The zero-order chi connectivity index (χ0) is 17.6. The first kappa shape index (κ1) is 17.5. The molecule has 0 unspecified atom stereocenters. The van der Waals surface area contributed by atoms with E-state index in [9.17, 15) is 5.11 Å². The van der Waals surface area contributed by atoms with Crippen LogP contribution in [0.5, 0.6) is 5.75 Å². The summed E-state index contributed by atoms with van der Waals surface area (Å²) in [4.78, 5) is 4.48. The molecule has 0 saturated heterocycles. The highest BCUT2D eigenvalue weighted by Gasteiger charge is 2.08. The Morgan fingerprint density at radius 1 is 1.04 bits per heavy atom. The van der Waals surface area contributed by atoms with E-state index in [1.54, 1.807) is 0 Å². The molecule has 0 aliphatic rings. The number of unbranched alkanes of at least 4 members (excludes halogenated alkanes) is 1. The lowest BCUT2D eigenvalue weighted by molar-refractivity contribution is 0.263. The third-order valence-electron chi connectivity index (χ3n) is 4.47. The van der Waals surface area contributed by atoms with E-state index in [2.05, 4.69) is 35.5 Å². The summed E-state index contributed by atoms with van der Waals surface area (Å²) in [5.74, 6) is 2.19. The molecule has 3 aromatic rings. The fraction of sp³-hybridized carbons (Fsp3) is 0.381. The van der Waals surface area contributed by atoms with Crippen molar-refractivity contribution < 1.29 is 9.84 Å². The van der Waals surface area contributed by atoms with Crippen molar-refractivity contribution in [3.63, 3.8) is 0 Å². The highest BCUT2D eigenvalue weighted by atomic mass is 16.5. The lowest BCUT2D eigenvalue weighted by atomic mass is 10.0. The van der Waals surface area contributed by atoms with Gasteiger partial charge < -0.3 is 14.4 Å². The van der Waals surface area contributed by atoms with E-state index >= 15 is 0 Å². The average molecular weight is 338 g/mol. The molecule has 0 saturated carbocycles. The maximum atomic E-state index is 9.52. The predicted octanol–water partition coefficient (Wildman–Crippen LogP) is 4.51. The number of aromatic nitrogens is 2. The number of fused-ring (bicyclic) bond motifs is 1. The Morgan fingerprint density at radius 3 is 2.52 bits per heavy atom. The van der Waals surface area contributed by atoms with Gasteiger partial charge in [-0.15, -0.1) is 0 Å². The number of hydrogen-bond donors (Lipinski definition) is 1. The van der Waals surface area contributed by atoms with Gasteiger partial charge in [-0.05, 0) is 48.6 Å². The minimum Gasteiger partial charge on any atom is -0.494 e. The van der Waals surface area contributed by atoms with Gasteiger partial charge in [0.15, 0.2) is 0 Å². The first-order valence-electron chi connectivity index (χ1n) is 8.97. The molecule has 25 heavy (non-hydrogen) atoms. The lowest BCUT2D eigenvalue weighted by Gasteiger charge is -2.10. The van der Waals surface area contributed by atoms with E-state index in [4.69, 9.17) is 4.74 Å². The quantitative estimate of drug-likeness (QED) is 0.615. The van der Waals surface area contributed by atoms with Crippen LogP contribution in [0.15, 0.2) is 48.5 Å². The number of nitrogens with zero attached hydrogens (tertiary/aromatic N) is 2. The SMILES string of the molecule is CC(C)c1ccc(OCCCCn2c(CO)nc3ccccc32)cc1. The fourth-order valence-corrected chi connectivity index (χ4v) is 3.01. The molecular formula is C21H26N2O2. The van der Waals surface area contributed by atoms with E-state index < -0.39 is 0 Å². The van der Waals surface area contributed by atoms with Gasteiger partial charge in [0.05, 0.1) is 17.6 Å². The zero-order valence-electron chi connectivity index (χ0n) is 15.0. The lowest BCUT2D eigenvalue weighted by Crippen LogP contribution is -2.06. The first-order chi connectivity index (χ1) is 12.2. The summed E-state index contributed by atoms with van der Waals surface area (Å²) in [6, 6.07) is 16.4. The van der Waals surface area contributed by atoms with Gasteiger partial charge in [-0.1, -0.05) is 38.1 Å². The van der Waals surface area contributed by atoms with Crippen LogP contribution < -0.4 is 4.74 Å². The first-order valence-corrected chi connectivity index (χ1v) is 8.97. The number of benzene rings is 2. The molecule has 0 radical (unpaired) electrons. The summed E-state index contributed by atoms with van der Waals surface area (Å²) in [6.45, 7) is 5.88. The Kier molecular flexibility index (Phi) is 5.71. The number of aliphatic hydroxyl groups is 1. The van der Waals surface area contributed by atoms with Crippen LogP contribution >= 0.6 is 0 Å². The Balaban J connectivity index is 1.50. The van der Waals surface area contributed by atoms with Crippen LogP contribution in [0, 0.1) is 0 Å². The number of hydrogen-bond acceptors (Lipinski definition) is 3. The fourth-order valence-electron chi connectivity index (χ4n) is 3.01. The minimum absolute atomic E-state index is 0.0343. The van der Waals surface area contributed by atoms with Crippen LogP contribution in [0.4, 0.5) is 0 Å². The summed E-state index contributed by atoms with van der Waals surface area (Å²) >= 11 is 0. The second-order valence-corrected chi connectivity index (χ2v) is 6.61. The molecular weight excluding hydrogens is 312 g/mol. The molecule has 0 aliphatic heterocycles. The molecule has 1 aromatic heterocycles. The summed E-state index contributed by atoms with van der Waals surface area (Å²) in [6.07, 6.45) is 1.95. The highest BCUT2D eigenvalue weighted by molar-refractivity contribution is 5.75. The smallest absolute Gasteiger partial charge is 0.135 e. The normalized spacial score (nSPS) is 11.4. The van der Waals surface area contributed by atoms with Gasteiger partial charge in [-0.3, -0.25) is 0 Å². The molecule has 0 amide bonds. The largest absolute Gasteiger partial charge is 0.494 e. The van der Waals surface area contributed by atoms with Crippen molar-refractivity contribution in [3.8, 4) is 5.75 Å². The van der Waals surface area contributed by atoms with Crippen LogP contribution in [-0.4, -0.2) is 21.3 Å². The molecule has 0 bridgehead atoms. The van der Waals surface area contributed by atoms with Crippen molar-refractivity contribution in [2.24, 2.45) is 0 Å². The number of aryl methyl sites for hydroxylation is 1. The Morgan fingerprint density at radius 2 is 1.80 bits per heavy atom. The number of imidazole rings is 1. The van der Waals surface area contributed by atoms with E-state index in [1.807, 2.05) is 36.4 Å². The molecule has 0 fully saturated rings. The maximum absolute atomic E-state index is 9.52. The highest BCUT2D eigenvalue weighted by Crippen LogP contribution is 2.19. The molecule has 0 atom stereocenters. The zero-order valence-corrected chi connectivity index (χ0v) is 15.0. The molecule has 4 heteroatoms. The van der Waals surface area contributed by atoms with Crippen LogP contribution in [0.25, 0.3) is 11.0 Å². The third kappa shape index (κ3) is 4.20. The van der Waals surface area contributed by atoms with Gasteiger partial charge in [-0.25, -0.2) is 4.98 Å². The molecule has 0 spiro atoms. The van der Waals surface area contributed by atoms with Crippen LogP contribution in [0.2, 0.25) is 0 Å². The molecule has 1 heterocycles. The van der Waals surface area contributed by atoms with Gasteiger partial charge >= 0.3 is 0 Å². The van der Waals surface area contributed by atoms with Crippen molar-refractivity contribution in [2.45, 2.75) is 45.8 Å². The summed E-state index contributed by atoms with van der Waals surface area (Å²) < 4.78 is 7.93. The van der Waals surface area contributed by atoms with Crippen molar-refractivity contribution in [1.29, 1.82) is 0 Å². The van der Waals surface area contributed by atoms with Crippen LogP contribution in [-0.2, 0) is 13.2 Å². The standard InChI is InChI=1S/C21H26N2O2/c1-16(2)17-9-11-18(12-10-17)25-14-6-5-13-23-20-8-4-3-7-19(20)22-21(23)15-24/h3-4,7-12,16,24H,5-6,13-15H2,1-2H3. The Bertz CT molecular complexity index is 806. The van der Waals surface area contributed by atoms with Crippen molar-refractivity contribution in [1.82, 2.24) is 9.55 Å². The van der Waals surface area contributed by atoms with Gasteiger partial charge in [0.1, 0.15) is 18.2 Å². The van der Waals surface area contributed by atoms with Crippen LogP contribution in [0.3, 0.4) is 0 Å². The summed E-state index contributed by atoms with van der Waals surface area (Å²) in [5.41, 5.74) is 3.35. The molecule has 3 rings (SSSR count). The van der Waals surface area contributed by atoms with Crippen LogP contribution in [0.1, 0.15) is 44.0 Å².